The number of hydrogen-bond donors (Lipinski definition) is 4. The molecule has 0 bridgehead atoms. The molecule has 1 unspecified atom stereocenters. The first-order chi connectivity index (χ1) is 22.3. The first kappa shape index (κ1) is 37.5. The van der Waals surface area contributed by atoms with Gasteiger partial charge >= 0.3 is 0 Å². The number of amides is 5. The number of Topliss-reactive ketones (excluding diaryl/α,β-unsaturated/α-hetero) is 1. The van der Waals surface area contributed by atoms with Gasteiger partial charge in [0.25, 0.3) is 11.8 Å². The highest BCUT2D eigenvalue weighted by molar-refractivity contribution is 14.1. The standard InChI is InChI=1S/C33H44IN7O6/c1-7-23(28(42)32(46)37-20(6)21-11-9-8-10-12-21)38-31(45)27-22(34)13-16-41(27)33(47)26(19(4)5)40-30(44)25(18(2)3)39-29(43)24-17-35-14-15-36-24/h8-12,14-15,17-20,22-23,25-27H,7,13,16H2,1-6H3,(H,37,46)(H,38,45)(H,39,43)(H,40,44)/t20-,22-,23?,25-,26-,27-/m0/s1. The van der Waals surface area contributed by atoms with Crippen LogP contribution in [-0.2, 0) is 24.0 Å². The summed E-state index contributed by atoms with van der Waals surface area (Å²) in [5.74, 6) is -4.40. The summed E-state index contributed by atoms with van der Waals surface area (Å²) in [6.07, 6.45) is 4.78. The monoisotopic (exact) mass is 761 g/mol. The third-order valence-corrected chi connectivity index (χ3v) is 9.35. The number of rotatable bonds is 14. The van der Waals surface area contributed by atoms with Crippen molar-refractivity contribution in [1.29, 1.82) is 0 Å². The molecule has 254 valence electrons. The molecule has 5 amide bonds. The predicted octanol–water partition coefficient (Wildman–Crippen LogP) is 2.12. The molecule has 1 aliphatic heterocycles. The second-order valence-corrected chi connectivity index (χ2v) is 13.8. The zero-order valence-corrected chi connectivity index (χ0v) is 29.7. The van der Waals surface area contributed by atoms with Crippen LogP contribution in [0.5, 0.6) is 0 Å². The van der Waals surface area contributed by atoms with Gasteiger partial charge in [-0.3, -0.25) is 33.8 Å². The van der Waals surface area contributed by atoms with E-state index in [4.69, 9.17) is 0 Å². The highest BCUT2D eigenvalue weighted by Crippen LogP contribution is 2.27. The van der Waals surface area contributed by atoms with Gasteiger partial charge in [-0.2, -0.15) is 0 Å². The maximum Gasteiger partial charge on any atom is 0.290 e. The molecule has 1 saturated heterocycles. The molecule has 1 aromatic carbocycles. The fraction of sp³-hybridized carbons (Fsp3) is 0.515. The molecule has 0 aliphatic carbocycles. The highest BCUT2D eigenvalue weighted by atomic mass is 127. The Labute approximate surface area is 289 Å². The fourth-order valence-electron chi connectivity index (χ4n) is 5.27. The zero-order chi connectivity index (χ0) is 34.8. The van der Waals surface area contributed by atoms with Gasteiger partial charge < -0.3 is 26.2 Å². The lowest BCUT2D eigenvalue weighted by atomic mass is 9.98. The number of carbonyl (C=O) groups is 6. The molecule has 0 radical (unpaired) electrons. The largest absolute Gasteiger partial charge is 0.344 e. The molecule has 0 spiro atoms. The minimum absolute atomic E-state index is 0.0495. The van der Waals surface area contributed by atoms with Crippen LogP contribution < -0.4 is 21.3 Å². The first-order valence-corrected chi connectivity index (χ1v) is 17.0. The van der Waals surface area contributed by atoms with Crippen molar-refractivity contribution >= 4 is 57.9 Å². The van der Waals surface area contributed by atoms with E-state index in [0.29, 0.717) is 6.42 Å². The Morgan fingerprint density at radius 1 is 0.894 bits per heavy atom. The van der Waals surface area contributed by atoms with Crippen LogP contribution in [0.3, 0.4) is 0 Å². The Hall–Kier alpha value is -3.95. The van der Waals surface area contributed by atoms with E-state index in [1.54, 1.807) is 41.5 Å². The van der Waals surface area contributed by atoms with E-state index in [9.17, 15) is 28.8 Å². The smallest absolute Gasteiger partial charge is 0.290 e. The number of halogens is 1. The normalized spacial score (nSPS) is 18.5. The Bertz CT molecular complexity index is 1430. The van der Waals surface area contributed by atoms with Gasteiger partial charge in [-0.15, -0.1) is 0 Å². The Balaban J connectivity index is 1.71. The van der Waals surface area contributed by atoms with E-state index in [-0.39, 0.29) is 34.4 Å². The Morgan fingerprint density at radius 3 is 2.13 bits per heavy atom. The van der Waals surface area contributed by atoms with E-state index in [2.05, 4.69) is 53.8 Å². The Kier molecular flexibility index (Phi) is 13.8. The van der Waals surface area contributed by atoms with Crippen molar-refractivity contribution < 1.29 is 28.8 Å². The van der Waals surface area contributed by atoms with Crippen molar-refractivity contribution in [3.8, 4) is 0 Å². The molecule has 3 rings (SSSR count). The maximum atomic E-state index is 14.0. The molecule has 14 heteroatoms. The van der Waals surface area contributed by atoms with Crippen LogP contribution in [0.2, 0.25) is 0 Å². The van der Waals surface area contributed by atoms with E-state index in [1.165, 1.54) is 23.5 Å². The molecular weight excluding hydrogens is 717 g/mol. The molecule has 2 heterocycles. The van der Waals surface area contributed by atoms with Crippen LogP contribution in [0.1, 0.15) is 76.5 Å². The minimum Gasteiger partial charge on any atom is -0.344 e. The van der Waals surface area contributed by atoms with Gasteiger partial charge in [-0.1, -0.05) is 87.5 Å². The molecule has 1 aromatic heterocycles. The van der Waals surface area contributed by atoms with E-state index >= 15 is 0 Å². The van der Waals surface area contributed by atoms with Crippen molar-refractivity contribution in [3.63, 3.8) is 0 Å². The topological polar surface area (TPSA) is 180 Å². The van der Waals surface area contributed by atoms with E-state index < -0.39 is 65.5 Å². The maximum absolute atomic E-state index is 14.0. The quantitative estimate of drug-likeness (QED) is 0.129. The average Bonchev–Trinajstić information content (AvgIpc) is 3.45. The van der Waals surface area contributed by atoms with Gasteiger partial charge in [0.05, 0.1) is 18.3 Å². The summed E-state index contributed by atoms with van der Waals surface area (Å²) in [7, 11) is 0. The van der Waals surface area contributed by atoms with E-state index in [0.717, 1.165) is 5.56 Å². The second-order valence-electron chi connectivity index (χ2n) is 12.2. The van der Waals surface area contributed by atoms with E-state index in [1.807, 2.05) is 30.3 Å². The predicted molar refractivity (Wildman–Crippen MR) is 183 cm³/mol. The molecular formula is C33H44IN7O6. The van der Waals surface area contributed by atoms with Crippen LogP contribution in [-0.4, -0.2) is 84.8 Å². The summed E-state index contributed by atoms with van der Waals surface area (Å²) >= 11 is 2.11. The fourth-order valence-corrected chi connectivity index (χ4v) is 6.26. The number of nitrogens with one attached hydrogen (secondary N) is 4. The number of likely N-dealkylation sites (tertiary alicyclic amines) is 1. The van der Waals surface area contributed by atoms with Gasteiger partial charge in [-0.05, 0) is 37.2 Å². The van der Waals surface area contributed by atoms with Crippen molar-refractivity contribution in [2.24, 2.45) is 11.8 Å². The molecule has 4 N–H and O–H groups in total. The van der Waals surface area contributed by atoms with Crippen molar-refractivity contribution in [2.45, 2.75) is 88.5 Å². The summed E-state index contributed by atoms with van der Waals surface area (Å²) in [6.45, 7) is 10.8. The summed E-state index contributed by atoms with van der Waals surface area (Å²) in [4.78, 5) is 89.0. The second kappa shape index (κ2) is 17.3. The lowest BCUT2D eigenvalue weighted by Gasteiger charge is -2.33. The number of aromatic nitrogens is 2. The molecule has 6 atom stereocenters. The highest BCUT2D eigenvalue weighted by Gasteiger charge is 2.45. The van der Waals surface area contributed by atoms with Crippen LogP contribution in [0.25, 0.3) is 0 Å². The molecule has 47 heavy (non-hydrogen) atoms. The van der Waals surface area contributed by atoms with Gasteiger partial charge in [0.1, 0.15) is 23.8 Å². The molecule has 1 fully saturated rings. The van der Waals surface area contributed by atoms with Gasteiger partial charge in [0.2, 0.25) is 23.5 Å². The third-order valence-electron chi connectivity index (χ3n) is 8.05. The summed E-state index contributed by atoms with van der Waals surface area (Å²) < 4.78 is -0.269. The van der Waals surface area contributed by atoms with Crippen molar-refractivity contribution in [3.05, 3.63) is 60.2 Å². The van der Waals surface area contributed by atoms with Crippen LogP contribution >= 0.6 is 22.6 Å². The zero-order valence-electron chi connectivity index (χ0n) is 27.5. The van der Waals surface area contributed by atoms with Crippen LogP contribution in [0, 0.1) is 11.8 Å². The SMILES string of the molecule is CCC(NC(=O)[C@@H]1[C@@H](I)CCN1C(=O)[C@@H](NC(=O)[C@@H](NC(=O)c1cnccn1)C(C)C)C(C)C)C(=O)C(=O)N[C@@H](C)c1ccccc1. The molecule has 2 aromatic rings. The number of ketones is 1. The lowest BCUT2D eigenvalue weighted by Crippen LogP contribution is -2.60. The molecule has 0 saturated carbocycles. The molecule has 13 nitrogen and oxygen atoms in total. The first-order valence-electron chi connectivity index (χ1n) is 15.8. The van der Waals surface area contributed by atoms with Gasteiger partial charge in [0.15, 0.2) is 0 Å². The number of alkyl halides is 1. The number of nitrogens with zero attached hydrogens (tertiary/aromatic N) is 3. The van der Waals surface area contributed by atoms with Gasteiger partial charge in [0, 0.05) is 22.9 Å². The summed E-state index contributed by atoms with van der Waals surface area (Å²) in [5.41, 5.74) is 0.881. The van der Waals surface area contributed by atoms with Crippen LogP contribution in [0.4, 0.5) is 0 Å². The number of carbonyl (C=O) groups excluding carboxylic acids is 6. The average molecular weight is 762 g/mol. The Morgan fingerprint density at radius 2 is 1.55 bits per heavy atom. The summed E-state index contributed by atoms with van der Waals surface area (Å²) in [6, 6.07) is 4.81. The number of hydrogen-bond acceptors (Lipinski definition) is 8. The lowest BCUT2D eigenvalue weighted by molar-refractivity contribution is -0.144. The molecule has 1 aliphatic rings. The van der Waals surface area contributed by atoms with Crippen LogP contribution in [0.15, 0.2) is 48.9 Å². The van der Waals surface area contributed by atoms with Crippen molar-refractivity contribution in [2.75, 3.05) is 6.54 Å². The number of benzene rings is 1. The third kappa shape index (κ3) is 9.78. The van der Waals surface area contributed by atoms with Crippen molar-refractivity contribution in [1.82, 2.24) is 36.1 Å². The summed E-state index contributed by atoms with van der Waals surface area (Å²) in [5, 5.41) is 10.9. The minimum atomic E-state index is -1.09. The van der Waals surface area contributed by atoms with Gasteiger partial charge in [-0.25, -0.2) is 4.98 Å².